The zero-order valence-corrected chi connectivity index (χ0v) is 11.4. The number of rotatable bonds is 2. The van der Waals surface area contributed by atoms with Gasteiger partial charge < -0.3 is 0 Å². The standard InChI is InChI=1S/C13H15BrN2/c1-9-4-5-13(12(6-9)8-14)16-11(3)7-10(2)15-16/h4-7H,8H2,1-3H3. The molecule has 2 nitrogen and oxygen atoms in total. The molecule has 0 radical (unpaired) electrons. The predicted octanol–water partition coefficient (Wildman–Crippen LogP) is 3.69. The number of nitrogens with zero attached hydrogens (tertiary/aromatic N) is 2. The second-order valence-electron chi connectivity index (χ2n) is 4.10. The highest BCUT2D eigenvalue weighted by Crippen LogP contribution is 2.20. The minimum absolute atomic E-state index is 0.850. The lowest BCUT2D eigenvalue weighted by molar-refractivity contribution is 0.826. The number of benzene rings is 1. The molecular weight excluding hydrogens is 264 g/mol. The summed E-state index contributed by atoms with van der Waals surface area (Å²) < 4.78 is 2.01. The van der Waals surface area contributed by atoms with Gasteiger partial charge in [0.05, 0.1) is 11.4 Å². The number of hydrogen-bond donors (Lipinski definition) is 0. The first kappa shape index (κ1) is 11.4. The summed E-state index contributed by atoms with van der Waals surface area (Å²) in [4.78, 5) is 0. The van der Waals surface area contributed by atoms with Crippen LogP contribution < -0.4 is 0 Å². The molecule has 0 saturated carbocycles. The summed E-state index contributed by atoms with van der Waals surface area (Å²) in [6.45, 7) is 6.21. The quantitative estimate of drug-likeness (QED) is 0.766. The van der Waals surface area contributed by atoms with E-state index in [1.54, 1.807) is 0 Å². The molecule has 0 unspecified atom stereocenters. The average molecular weight is 279 g/mol. The highest BCUT2D eigenvalue weighted by Gasteiger charge is 2.08. The van der Waals surface area contributed by atoms with Crippen LogP contribution in [0.15, 0.2) is 24.3 Å². The third-order valence-electron chi connectivity index (χ3n) is 2.62. The number of hydrogen-bond acceptors (Lipinski definition) is 1. The van der Waals surface area contributed by atoms with Crippen molar-refractivity contribution >= 4 is 15.9 Å². The van der Waals surface area contributed by atoms with Crippen molar-refractivity contribution in [2.24, 2.45) is 0 Å². The van der Waals surface area contributed by atoms with E-state index in [0.29, 0.717) is 0 Å². The van der Waals surface area contributed by atoms with Crippen LogP contribution in [-0.2, 0) is 5.33 Å². The van der Waals surface area contributed by atoms with Crippen LogP contribution in [0.2, 0.25) is 0 Å². The van der Waals surface area contributed by atoms with Gasteiger partial charge in [-0.05, 0) is 38.5 Å². The van der Waals surface area contributed by atoms with E-state index in [0.717, 1.165) is 16.7 Å². The van der Waals surface area contributed by atoms with Gasteiger partial charge in [-0.1, -0.05) is 33.6 Å². The number of aromatic nitrogens is 2. The van der Waals surface area contributed by atoms with Crippen molar-refractivity contribution in [1.82, 2.24) is 9.78 Å². The van der Waals surface area contributed by atoms with Gasteiger partial charge in [0.2, 0.25) is 0 Å². The van der Waals surface area contributed by atoms with E-state index in [1.165, 1.54) is 16.8 Å². The van der Waals surface area contributed by atoms with Gasteiger partial charge >= 0.3 is 0 Å². The largest absolute Gasteiger partial charge is 0.238 e. The van der Waals surface area contributed by atoms with Crippen molar-refractivity contribution < 1.29 is 0 Å². The third-order valence-corrected chi connectivity index (χ3v) is 3.22. The van der Waals surface area contributed by atoms with Crippen molar-refractivity contribution in [1.29, 1.82) is 0 Å². The molecule has 0 spiro atoms. The monoisotopic (exact) mass is 278 g/mol. The maximum absolute atomic E-state index is 4.51. The normalized spacial score (nSPS) is 10.8. The number of alkyl halides is 1. The summed E-state index contributed by atoms with van der Waals surface area (Å²) in [5, 5.41) is 5.36. The first-order chi connectivity index (χ1) is 7.61. The van der Waals surface area contributed by atoms with Gasteiger partial charge in [-0.25, -0.2) is 4.68 Å². The maximum Gasteiger partial charge on any atom is 0.0689 e. The molecule has 16 heavy (non-hydrogen) atoms. The summed E-state index contributed by atoms with van der Waals surface area (Å²) in [7, 11) is 0. The second-order valence-corrected chi connectivity index (χ2v) is 4.67. The molecule has 3 heteroatoms. The van der Waals surface area contributed by atoms with E-state index in [4.69, 9.17) is 0 Å². The first-order valence-electron chi connectivity index (χ1n) is 5.31. The van der Waals surface area contributed by atoms with Crippen LogP contribution in [0.3, 0.4) is 0 Å². The Balaban J connectivity index is 2.59. The summed E-state index contributed by atoms with van der Waals surface area (Å²) in [5.41, 5.74) is 5.93. The Morgan fingerprint density at radius 2 is 1.94 bits per heavy atom. The van der Waals surface area contributed by atoms with Crippen molar-refractivity contribution in [2.75, 3.05) is 0 Å². The topological polar surface area (TPSA) is 17.8 Å². The lowest BCUT2D eigenvalue weighted by Crippen LogP contribution is -2.02. The lowest BCUT2D eigenvalue weighted by Gasteiger charge is -2.10. The van der Waals surface area contributed by atoms with Crippen LogP contribution in [0.1, 0.15) is 22.5 Å². The van der Waals surface area contributed by atoms with E-state index in [9.17, 15) is 0 Å². The Hall–Kier alpha value is -1.09. The Morgan fingerprint density at radius 1 is 1.19 bits per heavy atom. The molecule has 0 aliphatic rings. The molecule has 0 fully saturated rings. The molecule has 0 N–H and O–H groups in total. The molecule has 1 aromatic carbocycles. The summed E-state index contributed by atoms with van der Waals surface area (Å²) >= 11 is 3.53. The molecule has 0 bridgehead atoms. The maximum atomic E-state index is 4.51. The van der Waals surface area contributed by atoms with Crippen LogP contribution in [0.5, 0.6) is 0 Å². The Labute approximate surface area is 104 Å². The van der Waals surface area contributed by atoms with Crippen molar-refractivity contribution in [3.8, 4) is 5.69 Å². The van der Waals surface area contributed by atoms with Crippen molar-refractivity contribution in [3.63, 3.8) is 0 Å². The van der Waals surface area contributed by atoms with Gasteiger partial charge in [0.1, 0.15) is 0 Å². The molecule has 0 amide bonds. The Bertz CT molecular complexity index is 515. The van der Waals surface area contributed by atoms with E-state index < -0.39 is 0 Å². The predicted molar refractivity (Wildman–Crippen MR) is 70.4 cm³/mol. The van der Waals surface area contributed by atoms with Crippen molar-refractivity contribution in [2.45, 2.75) is 26.1 Å². The molecule has 1 heterocycles. The van der Waals surface area contributed by atoms with Crippen LogP contribution in [-0.4, -0.2) is 9.78 Å². The fourth-order valence-electron chi connectivity index (χ4n) is 1.90. The highest BCUT2D eigenvalue weighted by molar-refractivity contribution is 9.08. The molecule has 84 valence electrons. The zero-order valence-electron chi connectivity index (χ0n) is 9.79. The van der Waals surface area contributed by atoms with Crippen LogP contribution in [0.4, 0.5) is 0 Å². The summed E-state index contributed by atoms with van der Waals surface area (Å²) in [6, 6.07) is 8.54. The summed E-state index contributed by atoms with van der Waals surface area (Å²) in [6.07, 6.45) is 0. The SMILES string of the molecule is Cc1ccc(-n2nc(C)cc2C)c(CBr)c1. The highest BCUT2D eigenvalue weighted by atomic mass is 79.9. The van der Waals surface area contributed by atoms with Crippen LogP contribution in [0, 0.1) is 20.8 Å². The molecule has 0 atom stereocenters. The summed E-state index contributed by atoms with van der Waals surface area (Å²) in [5.74, 6) is 0. The second kappa shape index (κ2) is 4.42. The molecule has 0 aliphatic carbocycles. The molecule has 1 aromatic heterocycles. The molecule has 0 saturated heterocycles. The van der Waals surface area contributed by atoms with E-state index in [1.807, 2.05) is 11.6 Å². The van der Waals surface area contributed by atoms with E-state index in [2.05, 4.69) is 59.1 Å². The van der Waals surface area contributed by atoms with Crippen LogP contribution in [0.25, 0.3) is 5.69 Å². The van der Waals surface area contributed by atoms with Crippen LogP contribution >= 0.6 is 15.9 Å². The van der Waals surface area contributed by atoms with Gasteiger partial charge in [0.25, 0.3) is 0 Å². The molecule has 2 rings (SSSR count). The lowest BCUT2D eigenvalue weighted by atomic mass is 10.1. The molecule has 2 aromatic rings. The van der Waals surface area contributed by atoms with Gasteiger partial charge in [0, 0.05) is 11.0 Å². The third kappa shape index (κ3) is 2.05. The van der Waals surface area contributed by atoms with Gasteiger partial charge in [-0.3, -0.25) is 0 Å². The van der Waals surface area contributed by atoms with Gasteiger partial charge in [-0.15, -0.1) is 0 Å². The number of halogens is 1. The van der Waals surface area contributed by atoms with Gasteiger partial charge in [0.15, 0.2) is 0 Å². The minimum atomic E-state index is 0.850. The first-order valence-corrected chi connectivity index (χ1v) is 6.43. The van der Waals surface area contributed by atoms with Crippen molar-refractivity contribution in [3.05, 3.63) is 46.8 Å². The smallest absolute Gasteiger partial charge is 0.0689 e. The average Bonchev–Trinajstić information content (AvgIpc) is 2.57. The zero-order chi connectivity index (χ0) is 11.7. The minimum Gasteiger partial charge on any atom is -0.238 e. The molecule has 0 aliphatic heterocycles. The van der Waals surface area contributed by atoms with Gasteiger partial charge in [-0.2, -0.15) is 5.10 Å². The number of aryl methyl sites for hydroxylation is 3. The fourth-order valence-corrected chi connectivity index (χ4v) is 2.35. The molecular formula is C13H15BrN2. The van der Waals surface area contributed by atoms with E-state index in [-0.39, 0.29) is 0 Å². The Morgan fingerprint density at radius 3 is 2.50 bits per heavy atom. The Kier molecular flexibility index (Phi) is 3.15. The fraction of sp³-hybridized carbons (Fsp3) is 0.308. The van der Waals surface area contributed by atoms with E-state index >= 15 is 0 Å².